The van der Waals surface area contributed by atoms with Gasteiger partial charge in [0.2, 0.25) is 0 Å². The Hall–Kier alpha value is -1.14. The van der Waals surface area contributed by atoms with Crippen LogP contribution in [0.5, 0.6) is 0 Å². The van der Waals surface area contributed by atoms with Crippen LogP contribution in [0.25, 0.3) is 0 Å². The molecule has 1 fully saturated rings. The van der Waals surface area contributed by atoms with Crippen molar-refractivity contribution in [2.24, 2.45) is 5.92 Å². The topological polar surface area (TPSA) is 57.5 Å². The minimum absolute atomic E-state index is 0.110. The van der Waals surface area contributed by atoms with Crippen molar-refractivity contribution in [2.75, 3.05) is 20.3 Å². The molecule has 1 aromatic rings. The van der Waals surface area contributed by atoms with E-state index in [9.17, 15) is 9.59 Å². The van der Waals surface area contributed by atoms with Crippen LogP contribution in [0.2, 0.25) is 0 Å². The number of carbonyl (C=O) groups is 1. The molecule has 0 bridgehead atoms. The van der Waals surface area contributed by atoms with Gasteiger partial charge in [-0.15, -0.1) is 0 Å². The molecule has 1 aromatic heterocycles. The highest BCUT2D eigenvalue weighted by atomic mass is 79.9. The van der Waals surface area contributed by atoms with Crippen LogP contribution in [0.3, 0.4) is 0 Å². The molecule has 0 radical (unpaired) electrons. The van der Waals surface area contributed by atoms with Gasteiger partial charge in [0.15, 0.2) is 0 Å². The normalized spacial score (nSPS) is 16.1. The van der Waals surface area contributed by atoms with Crippen molar-refractivity contribution in [3.05, 3.63) is 32.2 Å². The summed E-state index contributed by atoms with van der Waals surface area (Å²) in [5.41, 5.74) is 0.962. The molecule has 1 aliphatic rings. The maximum Gasteiger partial charge on any atom is 0.339 e. The molecule has 5 nitrogen and oxygen atoms in total. The molecule has 0 N–H and O–H groups in total. The van der Waals surface area contributed by atoms with Crippen molar-refractivity contribution in [1.82, 2.24) is 4.57 Å². The second kappa shape index (κ2) is 6.54. The van der Waals surface area contributed by atoms with Crippen LogP contribution in [-0.4, -0.2) is 30.9 Å². The lowest BCUT2D eigenvalue weighted by atomic mass is 10.00. The molecule has 1 saturated heterocycles. The second-order valence-electron chi connectivity index (χ2n) is 4.95. The average Bonchev–Trinajstić information content (AvgIpc) is 2.47. The molecule has 110 valence electrons. The molecule has 0 atom stereocenters. The summed E-state index contributed by atoms with van der Waals surface area (Å²) in [5.74, 6) is -0.0242. The highest BCUT2D eigenvalue weighted by Gasteiger charge is 2.20. The summed E-state index contributed by atoms with van der Waals surface area (Å²) >= 11 is 3.23. The van der Waals surface area contributed by atoms with E-state index >= 15 is 0 Å². The number of nitrogens with zero attached hydrogens (tertiary/aromatic N) is 1. The molecular weight excluding hydrogens is 326 g/mol. The van der Waals surface area contributed by atoms with Gasteiger partial charge in [-0.1, -0.05) is 0 Å². The first-order valence-electron chi connectivity index (χ1n) is 6.60. The quantitative estimate of drug-likeness (QED) is 0.789. The standard InChI is InChI=1S/C14H18BrNO4/c1-9-11(14(18)19-2)7-12(15)13(17)16(9)8-10-3-5-20-6-4-10/h7,10H,3-6,8H2,1-2H3. The van der Waals surface area contributed by atoms with Gasteiger partial charge in [-0.2, -0.15) is 0 Å². The minimum atomic E-state index is -0.427. The van der Waals surface area contributed by atoms with Gasteiger partial charge in [0.25, 0.3) is 5.56 Å². The van der Waals surface area contributed by atoms with Crippen molar-refractivity contribution >= 4 is 21.9 Å². The van der Waals surface area contributed by atoms with Gasteiger partial charge in [0.05, 0.1) is 17.1 Å². The SMILES string of the molecule is COC(=O)c1cc(Br)c(=O)n(CC2CCOCC2)c1C. The van der Waals surface area contributed by atoms with Crippen LogP contribution in [-0.2, 0) is 16.0 Å². The van der Waals surface area contributed by atoms with Crippen LogP contribution in [0.4, 0.5) is 0 Å². The monoisotopic (exact) mass is 343 g/mol. The maximum atomic E-state index is 12.3. The van der Waals surface area contributed by atoms with Gasteiger partial charge in [-0.05, 0) is 47.7 Å². The molecule has 2 rings (SSSR count). The first kappa shape index (κ1) is 15.3. The fraction of sp³-hybridized carbons (Fsp3) is 0.571. The van der Waals surface area contributed by atoms with Crippen molar-refractivity contribution in [3.8, 4) is 0 Å². The summed E-state index contributed by atoms with van der Waals surface area (Å²) in [5, 5.41) is 0. The number of methoxy groups -OCH3 is 1. The number of pyridine rings is 1. The lowest BCUT2D eigenvalue weighted by Crippen LogP contribution is -2.30. The molecule has 0 aliphatic carbocycles. The zero-order chi connectivity index (χ0) is 14.7. The largest absolute Gasteiger partial charge is 0.465 e. The van der Waals surface area contributed by atoms with Crippen molar-refractivity contribution < 1.29 is 14.3 Å². The molecule has 6 heteroatoms. The highest BCUT2D eigenvalue weighted by Crippen LogP contribution is 2.19. The Bertz CT molecular complexity index is 561. The number of carbonyl (C=O) groups excluding carboxylic acids is 1. The second-order valence-corrected chi connectivity index (χ2v) is 5.81. The van der Waals surface area contributed by atoms with E-state index in [0.29, 0.717) is 28.2 Å². The Morgan fingerprint density at radius 3 is 2.75 bits per heavy atom. The van der Waals surface area contributed by atoms with Crippen LogP contribution >= 0.6 is 15.9 Å². The third-order valence-electron chi connectivity index (χ3n) is 3.70. The fourth-order valence-electron chi connectivity index (χ4n) is 2.44. The number of ether oxygens (including phenoxy) is 2. The Morgan fingerprint density at radius 1 is 1.50 bits per heavy atom. The molecule has 0 spiro atoms. The summed E-state index contributed by atoms with van der Waals surface area (Å²) in [7, 11) is 1.34. The van der Waals surface area contributed by atoms with E-state index in [0.717, 1.165) is 26.1 Å². The predicted octanol–water partition coefficient (Wildman–Crippen LogP) is 2.13. The molecule has 0 aromatic carbocycles. The summed E-state index contributed by atoms with van der Waals surface area (Å²) in [6.07, 6.45) is 1.87. The van der Waals surface area contributed by atoms with Gasteiger partial charge in [0.1, 0.15) is 0 Å². The molecule has 1 aliphatic heterocycles. The van der Waals surface area contributed by atoms with E-state index in [1.165, 1.54) is 13.2 Å². The fourth-order valence-corrected chi connectivity index (χ4v) is 2.89. The smallest absolute Gasteiger partial charge is 0.339 e. The van der Waals surface area contributed by atoms with E-state index in [1.54, 1.807) is 11.5 Å². The summed E-state index contributed by atoms with van der Waals surface area (Å²) in [4.78, 5) is 24.0. The van der Waals surface area contributed by atoms with Gasteiger partial charge in [0, 0.05) is 25.5 Å². The van der Waals surface area contributed by atoms with Gasteiger partial charge >= 0.3 is 5.97 Å². The number of hydrogen-bond acceptors (Lipinski definition) is 4. The minimum Gasteiger partial charge on any atom is -0.465 e. The van der Waals surface area contributed by atoms with Crippen molar-refractivity contribution in [2.45, 2.75) is 26.3 Å². The van der Waals surface area contributed by atoms with Crippen LogP contribution in [0, 0.1) is 12.8 Å². The van der Waals surface area contributed by atoms with Crippen molar-refractivity contribution in [1.29, 1.82) is 0 Å². The Morgan fingerprint density at radius 2 is 2.15 bits per heavy atom. The molecule has 20 heavy (non-hydrogen) atoms. The van der Waals surface area contributed by atoms with E-state index in [2.05, 4.69) is 15.9 Å². The Kier molecular flexibility index (Phi) is 4.99. The van der Waals surface area contributed by atoms with Gasteiger partial charge in [-0.3, -0.25) is 4.79 Å². The van der Waals surface area contributed by atoms with Crippen molar-refractivity contribution in [3.63, 3.8) is 0 Å². The lowest BCUT2D eigenvalue weighted by molar-refractivity contribution is 0.0583. The maximum absolute atomic E-state index is 12.3. The van der Waals surface area contributed by atoms with E-state index in [4.69, 9.17) is 9.47 Å². The zero-order valence-electron chi connectivity index (χ0n) is 11.6. The van der Waals surface area contributed by atoms with Crippen LogP contribution in [0.1, 0.15) is 28.9 Å². The summed E-state index contributed by atoms with van der Waals surface area (Å²) < 4.78 is 12.1. The third kappa shape index (κ3) is 3.12. The van der Waals surface area contributed by atoms with E-state index < -0.39 is 5.97 Å². The first-order valence-corrected chi connectivity index (χ1v) is 7.40. The molecule has 2 heterocycles. The van der Waals surface area contributed by atoms with Crippen LogP contribution in [0.15, 0.2) is 15.3 Å². The third-order valence-corrected chi connectivity index (χ3v) is 4.27. The number of rotatable bonds is 3. The zero-order valence-corrected chi connectivity index (χ0v) is 13.2. The molecule has 0 unspecified atom stereocenters. The Balaban J connectivity index is 2.37. The highest BCUT2D eigenvalue weighted by molar-refractivity contribution is 9.10. The lowest BCUT2D eigenvalue weighted by Gasteiger charge is -2.24. The number of esters is 1. The van der Waals surface area contributed by atoms with E-state index in [-0.39, 0.29) is 5.56 Å². The molecular formula is C14H18BrNO4. The molecule has 0 saturated carbocycles. The van der Waals surface area contributed by atoms with Gasteiger partial charge in [-0.25, -0.2) is 4.79 Å². The number of aromatic nitrogens is 1. The van der Waals surface area contributed by atoms with E-state index in [1.807, 2.05) is 0 Å². The van der Waals surface area contributed by atoms with Gasteiger partial charge < -0.3 is 14.0 Å². The summed E-state index contributed by atoms with van der Waals surface area (Å²) in [6, 6.07) is 1.53. The predicted molar refractivity (Wildman–Crippen MR) is 78.0 cm³/mol. The Labute approximate surface area is 126 Å². The number of halogens is 1. The average molecular weight is 344 g/mol. The first-order chi connectivity index (χ1) is 9.54. The number of hydrogen-bond donors (Lipinski definition) is 0. The summed E-state index contributed by atoms with van der Waals surface area (Å²) in [6.45, 7) is 3.85. The molecule has 0 amide bonds. The van der Waals surface area contributed by atoms with Crippen LogP contribution < -0.4 is 5.56 Å².